The number of methoxy groups -OCH3 is 1. The average molecular weight is 260 g/mol. The number of aryl methyl sites for hydroxylation is 1. The molecule has 102 valence electrons. The molecule has 1 atom stereocenters. The summed E-state index contributed by atoms with van der Waals surface area (Å²) in [5, 5.41) is 3.34. The molecule has 0 saturated carbocycles. The molecule has 0 aliphatic carbocycles. The van der Waals surface area contributed by atoms with Crippen LogP contribution in [-0.2, 0) is 11.3 Å². The summed E-state index contributed by atoms with van der Waals surface area (Å²) >= 11 is 0. The number of nitrogens with zero attached hydrogens (tertiary/aromatic N) is 3. The first-order chi connectivity index (χ1) is 9.20. The van der Waals surface area contributed by atoms with Crippen LogP contribution >= 0.6 is 0 Å². The van der Waals surface area contributed by atoms with E-state index in [9.17, 15) is 0 Å². The van der Waals surface area contributed by atoms with Crippen molar-refractivity contribution in [3.8, 4) is 0 Å². The summed E-state index contributed by atoms with van der Waals surface area (Å²) in [5.41, 5.74) is 2.43. The Balaban J connectivity index is 2.10. The van der Waals surface area contributed by atoms with Crippen molar-refractivity contribution >= 4 is 5.95 Å². The van der Waals surface area contributed by atoms with E-state index in [1.165, 1.54) is 11.1 Å². The van der Waals surface area contributed by atoms with Crippen molar-refractivity contribution in [1.29, 1.82) is 0 Å². The fourth-order valence-corrected chi connectivity index (χ4v) is 1.95. The molecule has 0 amide bonds. The number of hydrogen-bond donors (Lipinski definition) is 1. The summed E-state index contributed by atoms with van der Waals surface area (Å²) < 4.78 is 7.21. The van der Waals surface area contributed by atoms with Gasteiger partial charge in [0.15, 0.2) is 0 Å². The third-order valence-electron chi connectivity index (χ3n) is 2.98. The molecule has 0 spiro atoms. The molecule has 1 N–H and O–H groups in total. The quantitative estimate of drug-likeness (QED) is 0.864. The van der Waals surface area contributed by atoms with Crippen molar-refractivity contribution < 1.29 is 4.74 Å². The number of anilines is 1. The molecule has 19 heavy (non-hydrogen) atoms. The minimum absolute atomic E-state index is 0.227. The van der Waals surface area contributed by atoms with Crippen LogP contribution in [0.25, 0.3) is 0 Å². The molecule has 0 radical (unpaired) electrons. The first-order valence-electron chi connectivity index (χ1n) is 6.37. The van der Waals surface area contributed by atoms with Crippen LogP contribution in [0.1, 0.15) is 18.1 Å². The van der Waals surface area contributed by atoms with Gasteiger partial charge >= 0.3 is 0 Å². The highest BCUT2D eigenvalue weighted by atomic mass is 16.5. The zero-order chi connectivity index (χ0) is 13.7. The van der Waals surface area contributed by atoms with E-state index in [1.807, 2.05) is 24.7 Å². The van der Waals surface area contributed by atoms with Crippen molar-refractivity contribution in [3.05, 3.63) is 42.0 Å². The number of rotatable bonds is 6. The fourth-order valence-electron chi connectivity index (χ4n) is 1.95. The third-order valence-corrected chi connectivity index (χ3v) is 2.98. The van der Waals surface area contributed by atoms with Crippen LogP contribution in [0.3, 0.4) is 0 Å². The van der Waals surface area contributed by atoms with E-state index >= 15 is 0 Å². The minimum atomic E-state index is 0.227. The normalized spacial score (nSPS) is 12.4. The number of hydrogen-bond acceptors (Lipinski definition) is 4. The number of imidazole rings is 1. The van der Waals surface area contributed by atoms with Crippen LogP contribution < -0.4 is 5.32 Å². The highest BCUT2D eigenvalue weighted by molar-refractivity contribution is 5.30. The van der Waals surface area contributed by atoms with Crippen LogP contribution in [0.15, 0.2) is 30.9 Å². The Morgan fingerprint density at radius 3 is 3.00 bits per heavy atom. The largest absolute Gasteiger partial charge is 0.383 e. The summed E-state index contributed by atoms with van der Waals surface area (Å²) in [7, 11) is 1.70. The van der Waals surface area contributed by atoms with Gasteiger partial charge in [-0.2, -0.15) is 0 Å². The summed E-state index contributed by atoms with van der Waals surface area (Å²) in [6.07, 6.45) is 7.48. The lowest BCUT2D eigenvalue weighted by Gasteiger charge is -2.15. The molecule has 2 rings (SSSR count). The zero-order valence-corrected chi connectivity index (χ0v) is 11.6. The Morgan fingerprint density at radius 1 is 1.42 bits per heavy atom. The Labute approximate surface area is 113 Å². The number of nitrogens with one attached hydrogen (secondary N) is 1. The molecule has 2 aromatic heterocycles. The maximum atomic E-state index is 5.12. The van der Waals surface area contributed by atoms with Crippen molar-refractivity contribution in [1.82, 2.24) is 14.5 Å². The van der Waals surface area contributed by atoms with Gasteiger partial charge in [0, 0.05) is 37.9 Å². The summed E-state index contributed by atoms with van der Waals surface area (Å²) in [5.74, 6) is 0.862. The zero-order valence-electron chi connectivity index (χ0n) is 11.6. The monoisotopic (exact) mass is 260 g/mol. The average Bonchev–Trinajstić information content (AvgIpc) is 2.80. The summed E-state index contributed by atoms with van der Waals surface area (Å²) in [6, 6.07) is 2.27. The molecule has 5 heteroatoms. The van der Waals surface area contributed by atoms with Gasteiger partial charge in [0.1, 0.15) is 0 Å². The van der Waals surface area contributed by atoms with Gasteiger partial charge in [-0.05, 0) is 31.0 Å². The lowest BCUT2D eigenvalue weighted by molar-refractivity contribution is 0.190. The van der Waals surface area contributed by atoms with Crippen LogP contribution in [0.2, 0.25) is 0 Å². The van der Waals surface area contributed by atoms with Crippen LogP contribution in [0.5, 0.6) is 0 Å². The molecule has 0 aliphatic rings. The van der Waals surface area contributed by atoms with E-state index in [0.717, 1.165) is 12.5 Å². The Kier molecular flexibility index (Phi) is 4.52. The van der Waals surface area contributed by atoms with Crippen LogP contribution in [0, 0.1) is 6.92 Å². The van der Waals surface area contributed by atoms with Crippen molar-refractivity contribution in [2.75, 3.05) is 19.0 Å². The molecule has 0 bridgehead atoms. The Bertz CT molecular complexity index is 524. The van der Waals surface area contributed by atoms with Gasteiger partial charge in [0.25, 0.3) is 0 Å². The maximum absolute atomic E-state index is 5.12. The molecule has 0 saturated heterocycles. The second-order valence-corrected chi connectivity index (χ2v) is 4.68. The summed E-state index contributed by atoms with van der Waals surface area (Å²) in [6.45, 7) is 5.58. The number of ether oxygens (including phenoxy) is 1. The van der Waals surface area contributed by atoms with E-state index in [4.69, 9.17) is 4.74 Å². The standard InChI is InChI=1S/C14H20N4O/c1-11-8-15-5-4-13(11)9-18-7-6-16-14(18)17-12(2)10-19-3/h4-8,12H,9-10H2,1-3H3,(H,16,17). The van der Waals surface area contributed by atoms with Crippen molar-refractivity contribution in [3.63, 3.8) is 0 Å². The predicted molar refractivity (Wildman–Crippen MR) is 75.3 cm³/mol. The van der Waals surface area contributed by atoms with E-state index in [0.29, 0.717) is 6.61 Å². The lowest BCUT2D eigenvalue weighted by atomic mass is 10.1. The first kappa shape index (κ1) is 13.5. The lowest BCUT2D eigenvalue weighted by Crippen LogP contribution is -2.23. The molecule has 5 nitrogen and oxygen atoms in total. The molecular weight excluding hydrogens is 240 g/mol. The van der Waals surface area contributed by atoms with Gasteiger partial charge in [-0.3, -0.25) is 4.98 Å². The van der Waals surface area contributed by atoms with E-state index in [-0.39, 0.29) is 6.04 Å². The van der Waals surface area contributed by atoms with E-state index in [2.05, 4.69) is 33.7 Å². The van der Waals surface area contributed by atoms with Gasteiger partial charge in [-0.15, -0.1) is 0 Å². The van der Waals surface area contributed by atoms with Gasteiger partial charge in [0.05, 0.1) is 13.2 Å². The topological polar surface area (TPSA) is 52.0 Å². The van der Waals surface area contributed by atoms with Gasteiger partial charge in [-0.1, -0.05) is 0 Å². The SMILES string of the molecule is COCC(C)Nc1nccn1Cc1ccncc1C. The smallest absolute Gasteiger partial charge is 0.203 e. The predicted octanol–water partition coefficient (Wildman–Crippen LogP) is 2.08. The van der Waals surface area contributed by atoms with Gasteiger partial charge < -0.3 is 14.6 Å². The molecule has 2 aromatic rings. The highest BCUT2D eigenvalue weighted by Gasteiger charge is 2.08. The maximum Gasteiger partial charge on any atom is 0.203 e. The van der Waals surface area contributed by atoms with Gasteiger partial charge in [-0.25, -0.2) is 4.98 Å². The first-order valence-corrected chi connectivity index (χ1v) is 6.37. The minimum Gasteiger partial charge on any atom is -0.383 e. The second-order valence-electron chi connectivity index (χ2n) is 4.68. The van der Waals surface area contributed by atoms with Gasteiger partial charge in [0.2, 0.25) is 5.95 Å². The number of pyridine rings is 1. The van der Waals surface area contributed by atoms with Crippen molar-refractivity contribution in [2.45, 2.75) is 26.4 Å². The molecular formula is C14H20N4O. The fraction of sp³-hybridized carbons (Fsp3) is 0.429. The second kappa shape index (κ2) is 6.33. The van der Waals surface area contributed by atoms with E-state index < -0.39 is 0 Å². The molecule has 2 heterocycles. The molecule has 0 aliphatic heterocycles. The number of aromatic nitrogens is 3. The van der Waals surface area contributed by atoms with E-state index in [1.54, 1.807) is 13.3 Å². The highest BCUT2D eigenvalue weighted by Crippen LogP contribution is 2.12. The van der Waals surface area contributed by atoms with Crippen molar-refractivity contribution in [2.24, 2.45) is 0 Å². The molecule has 1 unspecified atom stereocenters. The summed E-state index contributed by atoms with van der Waals surface area (Å²) in [4.78, 5) is 8.46. The molecule has 0 aromatic carbocycles. The Morgan fingerprint density at radius 2 is 2.26 bits per heavy atom. The van der Waals surface area contributed by atoms with Crippen LogP contribution in [0.4, 0.5) is 5.95 Å². The third kappa shape index (κ3) is 3.54. The molecule has 0 fully saturated rings. The Hall–Kier alpha value is -1.88. The van der Waals surface area contributed by atoms with Crippen LogP contribution in [-0.4, -0.2) is 34.3 Å².